The van der Waals surface area contributed by atoms with Crippen molar-refractivity contribution >= 4 is 11.7 Å². The summed E-state index contributed by atoms with van der Waals surface area (Å²) in [6, 6.07) is 8.19. The van der Waals surface area contributed by atoms with Gasteiger partial charge in [-0.25, -0.2) is 4.98 Å². The summed E-state index contributed by atoms with van der Waals surface area (Å²) in [5.41, 5.74) is 9.49. The highest BCUT2D eigenvalue weighted by Gasteiger charge is 2.17. The minimum Gasteiger partial charge on any atom is -0.369 e. The lowest BCUT2D eigenvalue weighted by Gasteiger charge is -2.29. The maximum Gasteiger partial charge on any atom is 0.221 e. The fourth-order valence-electron chi connectivity index (χ4n) is 4.51. The van der Waals surface area contributed by atoms with Gasteiger partial charge in [0.15, 0.2) is 0 Å². The van der Waals surface area contributed by atoms with Gasteiger partial charge in [0.25, 0.3) is 0 Å². The second-order valence-corrected chi connectivity index (χ2v) is 8.34. The summed E-state index contributed by atoms with van der Waals surface area (Å²) in [6.07, 6.45) is 9.84. The summed E-state index contributed by atoms with van der Waals surface area (Å²) in [5, 5.41) is 3.37. The first kappa shape index (κ1) is 19.8. The summed E-state index contributed by atoms with van der Waals surface area (Å²) in [7, 11) is 0. The summed E-state index contributed by atoms with van der Waals surface area (Å²) >= 11 is 0. The maximum atomic E-state index is 11.5. The number of anilines is 1. The second kappa shape index (κ2) is 9.35. The van der Waals surface area contributed by atoms with E-state index in [4.69, 9.17) is 10.7 Å². The van der Waals surface area contributed by atoms with Crippen molar-refractivity contribution in [1.29, 1.82) is 0 Å². The highest BCUT2D eigenvalue weighted by molar-refractivity contribution is 5.77. The largest absolute Gasteiger partial charge is 0.369 e. The Morgan fingerprint density at radius 2 is 1.93 bits per heavy atom. The van der Waals surface area contributed by atoms with Gasteiger partial charge in [-0.05, 0) is 42.2 Å². The lowest BCUT2D eigenvalue weighted by molar-refractivity contribution is -0.117. The van der Waals surface area contributed by atoms with Gasteiger partial charge in [-0.2, -0.15) is 0 Å². The number of rotatable bonds is 6. The number of nitrogens with zero attached hydrogens (tertiary/aromatic N) is 3. The molecule has 3 heterocycles. The molecule has 6 heteroatoms. The molecule has 154 valence electrons. The van der Waals surface area contributed by atoms with Crippen LogP contribution in [0.4, 0.5) is 5.82 Å². The van der Waals surface area contributed by atoms with Crippen molar-refractivity contribution < 1.29 is 4.79 Å². The van der Waals surface area contributed by atoms with Gasteiger partial charge < -0.3 is 16.0 Å². The Labute approximate surface area is 172 Å². The van der Waals surface area contributed by atoms with Crippen molar-refractivity contribution in [3.05, 3.63) is 41.7 Å². The van der Waals surface area contributed by atoms with Gasteiger partial charge in [-0.15, -0.1) is 0 Å². The number of aromatic nitrogens is 2. The van der Waals surface area contributed by atoms with Gasteiger partial charge in [0.2, 0.25) is 5.91 Å². The van der Waals surface area contributed by atoms with Gasteiger partial charge in [0, 0.05) is 43.6 Å². The van der Waals surface area contributed by atoms with Crippen molar-refractivity contribution in [3.8, 4) is 11.3 Å². The van der Waals surface area contributed by atoms with Crippen molar-refractivity contribution in [2.75, 3.05) is 31.1 Å². The number of nitrogens with one attached hydrogen (secondary N) is 1. The van der Waals surface area contributed by atoms with E-state index < -0.39 is 0 Å². The second-order valence-electron chi connectivity index (χ2n) is 8.34. The zero-order valence-corrected chi connectivity index (χ0v) is 17.1. The predicted molar refractivity (Wildman–Crippen MR) is 116 cm³/mol. The summed E-state index contributed by atoms with van der Waals surface area (Å²) < 4.78 is 0. The van der Waals surface area contributed by atoms with Crippen LogP contribution in [0.5, 0.6) is 0 Å². The van der Waals surface area contributed by atoms with Crippen molar-refractivity contribution in [2.45, 2.75) is 44.9 Å². The fraction of sp³-hybridized carbons (Fsp3) is 0.522. The van der Waals surface area contributed by atoms with Gasteiger partial charge in [-0.1, -0.05) is 32.1 Å². The van der Waals surface area contributed by atoms with Gasteiger partial charge in [-0.3, -0.25) is 9.78 Å². The molecule has 2 aromatic rings. The molecule has 0 unspecified atom stereocenters. The minimum atomic E-state index is -0.318. The van der Waals surface area contributed by atoms with E-state index in [0.29, 0.717) is 0 Å². The average molecular weight is 394 g/mol. The van der Waals surface area contributed by atoms with Crippen LogP contribution >= 0.6 is 0 Å². The van der Waals surface area contributed by atoms with E-state index >= 15 is 0 Å². The Morgan fingerprint density at radius 1 is 1.14 bits per heavy atom. The maximum absolute atomic E-state index is 11.5. The molecule has 1 saturated heterocycles. The number of amides is 1. The molecule has 0 atom stereocenters. The van der Waals surface area contributed by atoms with Crippen molar-refractivity contribution in [2.24, 2.45) is 11.7 Å². The fourth-order valence-corrected chi connectivity index (χ4v) is 4.51. The Kier molecular flexibility index (Phi) is 6.39. The number of piperazine rings is 1. The normalized spacial score (nSPS) is 18.0. The molecule has 0 spiro atoms. The van der Waals surface area contributed by atoms with Crippen LogP contribution in [0, 0.1) is 5.92 Å². The molecular formula is C23H31N5O. The molecule has 2 fully saturated rings. The van der Waals surface area contributed by atoms with Gasteiger partial charge in [0.05, 0.1) is 12.1 Å². The Bertz CT molecular complexity index is 841. The van der Waals surface area contributed by atoms with E-state index in [-0.39, 0.29) is 12.3 Å². The molecular weight excluding hydrogens is 362 g/mol. The SMILES string of the molecule is NC(=O)Cc1cc(-c2ccnc(CC3CCCCC3)c2)nc(N2CCNCC2)c1. The van der Waals surface area contributed by atoms with Gasteiger partial charge in [0.1, 0.15) is 5.82 Å². The summed E-state index contributed by atoms with van der Waals surface area (Å²) in [6.45, 7) is 3.71. The van der Waals surface area contributed by atoms with Crippen molar-refractivity contribution in [3.63, 3.8) is 0 Å². The third kappa shape index (κ3) is 5.32. The van der Waals surface area contributed by atoms with Crippen LogP contribution in [0.15, 0.2) is 30.5 Å². The van der Waals surface area contributed by atoms with E-state index in [1.54, 1.807) is 0 Å². The Morgan fingerprint density at radius 3 is 2.69 bits per heavy atom. The third-order valence-electron chi connectivity index (χ3n) is 6.03. The first-order valence-corrected chi connectivity index (χ1v) is 10.9. The van der Waals surface area contributed by atoms with Crippen LogP contribution in [0.1, 0.15) is 43.4 Å². The lowest BCUT2D eigenvalue weighted by atomic mass is 9.86. The van der Waals surface area contributed by atoms with E-state index in [0.717, 1.165) is 66.9 Å². The number of carbonyl (C=O) groups is 1. The molecule has 0 bridgehead atoms. The van der Waals surface area contributed by atoms with Crippen LogP contribution < -0.4 is 16.0 Å². The average Bonchev–Trinajstić information content (AvgIpc) is 2.75. The van der Waals surface area contributed by atoms with Crippen LogP contribution in [0.2, 0.25) is 0 Å². The zero-order valence-electron chi connectivity index (χ0n) is 17.1. The molecule has 6 nitrogen and oxygen atoms in total. The highest BCUT2D eigenvalue weighted by Crippen LogP contribution is 2.28. The zero-order chi connectivity index (χ0) is 20.1. The lowest BCUT2D eigenvalue weighted by Crippen LogP contribution is -2.44. The van der Waals surface area contributed by atoms with E-state index in [1.165, 1.54) is 32.1 Å². The molecule has 1 amide bonds. The molecule has 4 rings (SSSR count). The number of hydrogen-bond acceptors (Lipinski definition) is 5. The predicted octanol–water partition coefficient (Wildman–Crippen LogP) is 2.70. The summed E-state index contributed by atoms with van der Waals surface area (Å²) in [4.78, 5) is 23.4. The number of hydrogen-bond donors (Lipinski definition) is 2. The van der Waals surface area contributed by atoms with Crippen LogP contribution in [0.3, 0.4) is 0 Å². The molecule has 1 saturated carbocycles. The first-order valence-electron chi connectivity index (χ1n) is 10.9. The number of primary amides is 1. The monoisotopic (exact) mass is 393 g/mol. The molecule has 1 aliphatic heterocycles. The molecule has 3 N–H and O–H groups in total. The molecule has 0 radical (unpaired) electrons. The van der Waals surface area contributed by atoms with E-state index in [2.05, 4.69) is 21.3 Å². The Balaban J connectivity index is 1.62. The highest BCUT2D eigenvalue weighted by atomic mass is 16.1. The van der Waals surface area contributed by atoms with Gasteiger partial charge >= 0.3 is 0 Å². The first-order chi connectivity index (χ1) is 14.2. The minimum absolute atomic E-state index is 0.231. The van der Waals surface area contributed by atoms with E-state index in [9.17, 15) is 4.79 Å². The molecule has 1 aliphatic carbocycles. The molecule has 0 aromatic carbocycles. The quantitative estimate of drug-likeness (QED) is 0.788. The number of pyridine rings is 2. The molecule has 2 aliphatic rings. The molecule has 2 aromatic heterocycles. The van der Waals surface area contributed by atoms with Crippen LogP contribution in [0.25, 0.3) is 11.3 Å². The smallest absolute Gasteiger partial charge is 0.221 e. The standard InChI is InChI=1S/C23H31N5O/c24-22(29)14-18-13-21(27-23(15-18)28-10-8-25-9-11-28)19-6-7-26-20(16-19)12-17-4-2-1-3-5-17/h6-7,13,15-17,25H,1-5,8-12,14H2,(H2,24,29). The van der Waals surface area contributed by atoms with E-state index in [1.807, 2.05) is 24.4 Å². The van der Waals surface area contributed by atoms with Crippen molar-refractivity contribution in [1.82, 2.24) is 15.3 Å². The summed E-state index contributed by atoms with van der Waals surface area (Å²) in [5.74, 6) is 1.35. The third-order valence-corrected chi connectivity index (χ3v) is 6.03. The Hall–Kier alpha value is -2.47. The topological polar surface area (TPSA) is 84.1 Å². The number of nitrogens with two attached hydrogens (primary N) is 1. The van der Waals surface area contributed by atoms with Crippen LogP contribution in [-0.2, 0) is 17.6 Å². The number of carbonyl (C=O) groups excluding carboxylic acids is 1. The van der Waals surface area contributed by atoms with Crippen LogP contribution in [-0.4, -0.2) is 42.1 Å². The molecule has 29 heavy (non-hydrogen) atoms.